The highest BCUT2D eigenvalue weighted by Crippen LogP contribution is 2.23. The van der Waals surface area contributed by atoms with Crippen LogP contribution in [0.3, 0.4) is 0 Å². The van der Waals surface area contributed by atoms with E-state index in [0.717, 1.165) is 18.9 Å². The molecule has 0 aliphatic carbocycles. The SMILES string of the molecule is O=C(Nc1nncs1)c1ccc(N2CCCC(N3CCCCCC3)C2)nc1. The number of likely N-dealkylation sites (tertiary alicyclic amines) is 1. The van der Waals surface area contributed by atoms with Crippen molar-refractivity contribution in [1.29, 1.82) is 0 Å². The van der Waals surface area contributed by atoms with Crippen LogP contribution in [0, 0.1) is 0 Å². The zero-order valence-electron chi connectivity index (χ0n) is 15.5. The summed E-state index contributed by atoms with van der Waals surface area (Å²) in [5.74, 6) is 0.758. The quantitative estimate of drug-likeness (QED) is 0.871. The van der Waals surface area contributed by atoms with Crippen molar-refractivity contribution in [3.8, 4) is 0 Å². The number of hydrogen-bond donors (Lipinski definition) is 1. The Hall–Kier alpha value is -2.06. The Labute approximate surface area is 163 Å². The Balaban J connectivity index is 1.38. The predicted molar refractivity (Wildman–Crippen MR) is 107 cm³/mol. The van der Waals surface area contributed by atoms with Crippen LogP contribution in [0.2, 0.25) is 0 Å². The molecule has 1 atom stereocenters. The first kappa shape index (κ1) is 18.3. The lowest BCUT2D eigenvalue weighted by atomic mass is 10.0. The molecule has 7 nitrogen and oxygen atoms in total. The molecule has 2 saturated heterocycles. The summed E-state index contributed by atoms with van der Waals surface area (Å²) in [6.07, 6.45) is 9.52. The van der Waals surface area contributed by atoms with Gasteiger partial charge in [-0.1, -0.05) is 24.2 Å². The van der Waals surface area contributed by atoms with Crippen LogP contribution < -0.4 is 10.2 Å². The van der Waals surface area contributed by atoms with Gasteiger partial charge in [0.1, 0.15) is 11.3 Å². The fourth-order valence-electron chi connectivity index (χ4n) is 4.03. The van der Waals surface area contributed by atoms with E-state index in [1.807, 2.05) is 12.1 Å². The van der Waals surface area contributed by atoms with Crippen molar-refractivity contribution in [3.63, 3.8) is 0 Å². The van der Waals surface area contributed by atoms with Crippen LogP contribution in [0.15, 0.2) is 23.8 Å². The smallest absolute Gasteiger partial charge is 0.259 e. The number of nitrogens with one attached hydrogen (secondary N) is 1. The third-order valence-electron chi connectivity index (χ3n) is 5.47. The largest absolute Gasteiger partial charge is 0.355 e. The summed E-state index contributed by atoms with van der Waals surface area (Å²) in [5.41, 5.74) is 2.13. The van der Waals surface area contributed by atoms with Gasteiger partial charge in [0.15, 0.2) is 0 Å². The van der Waals surface area contributed by atoms with Gasteiger partial charge in [-0.15, -0.1) is 10.2 Å². The number of aromatic nitrogens is 3. The minimum atomic E-state index is -0.202. The van der Waals surface area contributed by atoms with E-state index >= 15 is 0 Å². The lowest BCUT2D eigenvalue weighted by Gasteiger charge is -2.39. The average Bonchev–Trinajstić information content (AvgIpc) is 3.07. The standard InChI is InChI=1S/C19H26N6OS/c26-18(22-19-23-21-14-27-19)15-7-8-17(20-12-15)25-11-5-6-16(13-25)24-9-3-1-2-4-10-24/h7-8,12,14,16H,1-6,9-11,13H2,(H,22,23,26). The molecule has 0 saturated carbocycles. The normalized spacial score (nSPS) is 21.6. The first-order valence-corrected chi connectivity index (χ1v) is 10.7. The van der Waals surface area contributed by atoms with Crippen LogP contribution in [0.5, 0.6) is 0 Å². The molecule has 0 radical (unpaired) electrons. The number of anilines is 2. The van der Waals surface area contributed by atoms with Crippen molar-refractivity contribution in [3.05, 3.63) is 29.4 Å². The molecule has 2 aromatic heterocycles. The Kier molecular flexibility index (Phi) is 5.94. The van der Waals surface area contributed by atoms with E-state index < -0.39 is 0 Å². The number of amides is 1. The van der Waals surface area contributed by atoms with Crippen LogP contribution in [-0.4, -0.2) is 58.2 Å². The number of hydrogen-bond acceptors (Lipinski definition) is 7. The monoisotopic (exact) mass is 386 g/mol. The number of carbonyl (C=O) groups is 1. The van der Waals surface area contributed by atoms with E-state index in [1.54, 1.807) is 11.7 Å². The molecular formula is C19H26N6OS. The Bertz CT molecular complexity index is 727. The summed E-state index contributed by atoms with van der Waals surface area (Å²) in [6, 6.07) is 4.42. The van der Waals surface area contributed by atoms with Gasteiger partial charge >= 0.3 is 0 Å². The van der Waals surface area contributed by atoms with E-state index in [2.05, 4.69) is 30.3 Å². The molecular weight excluding hydrogens is 360 g/mol. The van der Waals surface area contributed by atoms with Crippen molar-refractivity contribution in [2.24, 2.45) is 0 Å². The van der Waals surface area contributed by atoms with E-state index in [9.17, 15) is 4.79 Å². The van der Waals surface area contributed by atoms with E-state index in [4.69, 9.17) is 0 Å². The van der Waals surface area contributed by atoms with Gasteiger partial charge in [-0.05, 0) is 50.9 Å². The minimum absolute atomic E-state index is 0.202. The molecule has 8 heteroatoms. The van der Waals surface area contributed by atoms with Crippen molar-refractivity contribution < 1.29 is 4.79 Å². The predicted octanol–water partition coefficient (Wildman–Crippen LogP) is 3.03. The molecule has 1 unspecified atom stereocenters. The number of carbonyl (C=O) groups excluding carboxylic acids is 1. The van der Waals surface area contributed by atoms with Gasteiger partial charge in [0.2, 0.25) is 5.13 Å². The lowest BCUT2D eigenvalue weighted by Crippen LogP contribution is -2.48. The van der Waals surface area contributed by atoms with Gasteiger partial charge in [0.05, 0.1) is 5.56 Å². The maximum absolute atomic E-state index is 12.3. The minimum Gasteiger partial charge on any atom is -0.355 e. The molecule has 0 aromatic carbocycles. The van der Waals surface area contributed by atoms with Crippen molar-refractivity contribution in [1.82, 2.24) is 20.1 Å². The van der Waals surface area contributed by atoms with Crippen molar-refractivity contribution in [2.45, 2.75) is 44.6 Å². The average molecular weight is 387 g/mol. The van der Waals surface area contributed by atoms with Gasteiger partial charge < -0.3 is 4.90 Å². The van der Waals surface area contributed by atoms with Gasteiger partial charge in [-0.25, -0.2) is 4.98 Å². The summed E-state index contributed by atoms with van der Waals surface area (Å²) < 4.78 is 0. The molecule has 0 bridgehead atoms. The highest BCUT2D eigenvalue weighted by atomic mass is 32.1. The first-order valence-electron chi connectivity index (χ1n) is 9.82. The third-order valence-corrected chi connectivity index (χ3v) is 6.07. The maximum Gasteiger partial charge on any atom is 0.259 e. The Morgan fingerprint density at radius 1 is 1.11 bits per heavy atom. The van der Waals surface area contributed by atoms with Gasteiger partial charge in [0, 0.05) is 25.3 Å². The topological polar surface area (TPSA) is 74.2 Å². The van der Waals surface area contributed by atoms with E-state index in [1.165, 1.54) is 63.0 Å². The number of rotatable bonds is 4. The molecule has 2 fully saturated rings. The summed E-state index contributed by atoms with van der Waals surface area (Å²) in [5, 5.41) is 10.8. The summed E-state index contributed by atoms with van der Waals surface area (Å²) >= 11 is 1.30. The lowest BCUT2D eigenvalue weighted by molar-refractivity contribution is 0.102. The summed E-state index contributed by atoms with van der Waals surface area (Å²) in [7, 11) is 0. The van der Waals surface area contributed by atoms with E-state index in [0.29, 0.717) is 16.7 Å². The second-order valence-electron chi connectivity index (χ2n) is 7.30. The summed E-state index contributed by atoms with van der Waals surface area (Å²) in [4.78, 5) is 21.9. The second-order valence-corrected chi connectivity index (χ2v) is 8.13. The van der Waals surface area contributed by atoms with Crippen molar-refractivity contribution >= 4 is 28.2 Å². The fourth-order valence-corrected chi connectivity index (χ4v) is 4.47. The number of nitrogens with zero attached hydrogens (tertiary/aromatic N) is 5. The van der Waals surface area contributed by atoms with Gasteiger partial charge in [0.25, 0.3) is 5.91 Å². The molecule has 1 amide bonds. The third kappa shape index (κ3) is 4.62. The zero-order valence-corrected chi connectivity index (χ0v) is 16.3. The Morgan fingerprint density at radius 2 is 1.96 bits per heavy atom. The van der Waals surface area contributed by atoms with Gasteiger partial charge in [-0.3, -0.25) is 15.0 Å². The zero-order chi connectivity index (χ0) is 18.5. The molecule has 2 aliphatic heterocycles. The van der Waals surface area contributed by atoms with Crippen LogP contribution in [0.1, 0.15) is 48.9 Å². The molecule has 2 aliphatic rings. The molecule has 27 heavy (non-hydrogen) atoms. The van der Waals surface area contributed by atoms with Crippen LogP contribution in [0.25, 0.3) is 0 Å². The molecule has 4 rings (SSSR count). The van der Waals surface area contributed by atoms with Crippen molar-refractivity contribution in [2.75, 3.05) is 36.4 Å². The van der Waals surface area contributed by atoms with Crippen LogP contribution in [-0.2, 0) is 0 Å². The highest BCUT2D eigenvalue weighted by Gasteiger charge is 2.26. The highest BCUT2D eigenvalue weighted by molar-refractivity contribution is 7.13. The second kappa shape index (κ2) is 8.75. The molecule has 0 spiro atoms. The van der Waals surface area contributed by atoms with Crippen LogP contribution in [0.4, 0.5) is 10.9 Å². The molecule has 2 aromatic rings. The summed E-state index contributed by atoms with van der Waals surface area (Å²) in [6.45, 7) is 4.53. The van der Waals surface area contributed by atoms with Crippen LogP contribution >= 0.6 is 11.3 Å². The molecule has 1 N–H and O–H groups in total. The molecule has 4 heterocycles. The maximum atomic E-state index is 12.3. The molecule has 144 valence electrons. The Morgan fingerprint density at radius 3 is 2.67 bits per heavy atom. The first-order chi connectivity index (χ1) is 13.3. The number of pyridine rings is 1. The van der Waals surface area contributed by atoms with E-state index in [-0.39, 0.29) is 5.91 Å². The fraction of sp³-hybridized carbons (Fsp3) is 0.579. The number of piperidine rings is 1. The van der Waals surface area contributed by atoms with Gasteiger partial charge in [-0.2, -0.15) is 0 Å².